The second kappa shape index (κ2) is 7.51. The molecule has 3 heterocycles. The largest absolute Gasteiger partial charge is 0.381 e. The summed E-state index contributed by atoms with van der Waals surface area (Å²) in [5.74, 6) is 1.56. The summed E-state index contributed by atoms with van der Waals surface area (Å²) in [5.41, 5.74) is 1.44. The van der Waals surface area contributed by atoms with Gasteiger partial charge >= 0.3 is 0 Å². The predicted molar refractivity (Wildman–Crippen MR) is 93.7 cm³/mol. The first kappa shape index (κ1) is 16.5. The third kappa shape index (κ3) is 3.98. The Hall–Kier alpha value is -0.970. The lowest BCUT2D eigenvalue weighted by Gasteiger charge is -2.42. The zero-order chi connectivity index (χ0) is 16.2. The van der Waals surface area contributed by atoms with Gasteiger partial charge in [-0.1, -0.05) is 6.07 Å². The first-order valence-electron chi connectivity index (χ1n) is 9.67. The number of rotatable bonds is 7. The summed E-state index contributed by atoms with van der Waals surface area (Å²) in [6.07, 6.45) is 11.3. The van der Waals surface area contributed by atoms with Crippen LogP contribution in [0, 0.1) is 11.8 Å². The number of aromatic nitrogens is 1. The van der Waals surface area contributed by atoms with E-state index in [1.54, 1.807) is 0 Å². The lowest BCUT2D eigenvalue weighted by Crippen LogP contribution is -2.47. The fourth-order valence-corrected chi connectivity index (χ4v) is 4.34. The van der Waals surface area contributed by atoms with Gasteiger partial charge < -0.3 is 9.47 Å². The van der Waals surface area contributed by atoms with E-state index in [1.807, 2.05) is 18.5 Å². The van der Waals surface area contributed by atoms with Crippen molar-refractivity contribution in [3.8, 4) is 0 Å². The van der Waals surface area contributed by atoms with Crippen molar-refractivity contribution in [2.75, 3.05) is 32.9 Å². The molecule has 1 aromatic heterocycles. The van der Waals surface area contributed by atoms with Gasteiger partial charge in [-0.15, -0.1) is 0 Å². The molecule has 0 radical (unpaired) electrons. The van der Waals surface area contributed by atoms with E-state index in [4.69, 9.17) is 9.47 Å². The van der Waals surface area contributed by atoms with Crippen LogP contribution >= 0.6 is 0 Å². The molecule has 3 aliphatic rings. The van der Waals surface area contributed by atoms with Crippen LogP contribution in [0.4, 0.5) is 0 Å². The highest BCUT2D eigenvalue weighted by Gasteiger charge is 2.45. The highest BCUT2D eigenvalue weighted by molar-refractivity contribution is 5.09. The van der Waals surface area contributed by atoms with Gasteiger partial charge in [0.15, 0.2) is 0 Å². The molecule has 4 heteroatoms. The van der Waals surface area contributed by atoms with Gasteiger partial charge in [0, 0.05) is 51.8 Å². The Labute approximate surface area is 145 Å². The van der Waals surface area contributed by atoms with E-state index in [1.165, 1.54) is 44.1 Å². The Morgan fingerprint density at radius 2 is 2.12 bits per heavy atom. The van der Waals surface area contributed by atoms with Crippen LogP contribution in [0.1, 0.15) is 44.1 Å². The van der Waals surface area contributed by atoms with Crippen LogP contribution in [0.2, 0.25) is 0 Å². The Bertz CT molecular complexity index is 510. The average Bonchev–Trinajstić information content (AvgIpc) is 3.37. The molecule has 0 bridgehead atoms. The minimum atomic E-state index is 0.133. The molecule has 132 valence electrons. The third-order valence-electron chi connectivity index (χ3n) is 6.09. The standard InChI is InChI=1S/C20H30N2O2/c1-2-18(14-21-9-1)15-22-10-7-20(8-11-22)19(6-13-24-20)5-12-23-16-17-3-4-17/h1-2,9,14,17,19H,3-8,10-13,15-16H2/t19-/m0/s1. The molecule has 0 unspecified atom stereocenters. The third-order valence-corrected chi connectivity index (χ3v) is 6.09. The molecule has 0 aromatic carbocycles. The summed E-state index contributed by atoms with van der Waals surface area (Å²) in [4.78, 5) is 6.77. The fourth-order valence-electron chi connectivity index (χ4n) is 4.34. The summed E-state index contributed by atoms with van der Waals surface area (Å²) in [6.45, 7) is 6.13. The molecule has 0 amide bonds. The lowest BCUT2D eigenvalue weighted by molar-refractivity contribution is -0.0731. The second-order valence-corrected chi connectivity index (χ2v) is 7.84. The zero-order valence-electron chi connectivity index (χ0n) is 14.7. The van der Waals surface area contributed by atoms with E-state index in [0.29, 0.717) is 5.92 Å². The summed E-state index contributed by atoms with van der Waals surface area (Å²) in [6, 6.07) is 4.20. The van der Waals surface area contributed by atoms with E-state index in [-0.39, 0.29) is 5.60 Å². The van der Waals surface area contributed by atoms with Gasteiger partial charge in [0.1, 0.15) is 0 Å². The Kier molecular flexibility index (Phi) is 5.16. The molecule has 1 aromatic rings. The van der Waals surface area contributed by atoms with Gasteiger partial charge in [0.05, 0.1) is 5.60 Å². The minimum absolute atomic E-state index is 0.133. The smallest absolute Gasteiger partial charge is 0.0736 e. The van der Waals surface area contributed by atoms with E-state index in [9.17, 15) is 0 Å². The number of piperidine rings is 1. The van der Waals surface area contributed by atoms with Gasteiger partial charge in [-0.3, -0.25) is 9.88 Å². The Morgan fingerprint density at radius 3 is 2.88 bits per heavy atom. The van der Waals surface area contributed by atoms with Crippen molar-refractivity contribution in [3.05, 3.63) is 30.1 Å². The number of likely N-dealkylation sites (tertiary alicyclic amines) is 1. The van der Waals surface area contributed by atoms with Crippen molar-refractivity contribution in [3.63, 3.8) is 0 Å². The van der Waals surface area contributed by atoms with Crippen LogP contribution in [0.25, 0.3) is 0 Å². The van der Waals surface area contributed by atoms with Gasteiger partial charge in [0.2, 0.25) is 0 Å². The monoisotopic (exact) mass is 330 g/mol. The van der Waals surface area contributed by atoms with Gasteiger partial charge in [0.25, 0.3) is 0 Å². The number of pyridine rings is 1. The van der Waals surface area contributed by atoms with Crippen LogP contribution in [-0.2, 0) is 16.0 Å². The van der Waals surface area contributed by atoms with Gasteiger partial charge in [-0.05, 0) is 62.0 Å². The zero-order valence-corrected chi connectivity index (χ0v) is 14.7. The first-order chi connectivity index (χ1) is 11.8. The number of hydrogen-bond acceptors (Lipinski definition) is 4. The average molecular weight is 330 g/mol. The van der Waals surface area contributed by atoms with Crippen molar-refractivity contribution in [1.82, 2.24) is 9.88 Å². The van der Waals surface area contributed by atoms with Crippen LogP contribution in [0.5, 0.6) is 0 Å². The highest BCUT2D eigenvalue weighted by Crippen LogP contribution is 2.42. The van der Waals surface area contributed by atoms with Crippen molar-refractivity contribution in [1.29, 1.82) is 0 Å². The maximum atomic E-state index is 6.29. The Morgan fingerprint density at radius 1 is 1.25 bits per heavy atom. The highest BCUT2D eigenvalue weighted by atomic mass is 16.5. The van der Waals surface area contributed by atoms with E-state index in [0.717, 1.165) is 45.4 Å². The molecule has 3 fully saturated rings. The molecule has 2 saturated heterocycles. The Balaban J connectivity index is 1.24. The van der Waals surface area contributed by atoms with Crippen molar-refractivity contribution in [2.24, 2.45) is 11.8 Å². The van der Waals surface area contributed by atoms with Crippen LogP contribution in [0.3, 0.4) is 0 Å². The molecule has 4 rings (SSSR count). The maximum absolute atomic E-state index is 6.29. The van der Waals surface area contributed by atoms with Crippen molar-refractivity contribution >= 4 is 0 Å². The van der Waals surface area contributed by atoms with Gasteiger partial charge in [-0.2, -0.15) is 0 Å². The topological polar surface area (TPSA) is 34.6 Å². The van der Waals surface area contributed by atoms with Crippen LogP contribution < -0.4 is 0 Å². The van der Waals surface area contributed by atoms with Crippen LogP contribution in [-0.4, -0.2) is 48.4 Å². The summed E-state index contributed by atoms with van der Waals surface area (Å²) >= 11 is 0. The van der Waals surface area contributed by atoms with Crippen molar-refractivity contribution < 1.29 is 9.47 Å². The second-order valence-electron chi connectivity index (χ2n) is 7.84. The summed E-state index contributed by atoms with van der Waals surface area (Å²) in [7, 11) is 0. The van der Waals surface area contributed by atoms with E-state index < -0.39 is 0 Å². The molecule has 2 aliphatic heterocycles. The molecule has 24 heavy (non-hydrogen) atoms. The SMILES string of the molecule is c1cncc(CN2CCC3(CC2)OCC[C@@H]3CCOCC2CC2)c1. The van der Waals surface area contributed by atoms with Crippen molar-refractivity contribution in [2.45, 2.75) is 50.7 Å². The lowest BCUT2D eigenvalue weighted by atomic mass is 9.78. The predicted octanol–water partition coefficient (Wildman–Crippen LogP) is 3.27. The normalized spacial score (nSPS) is 26.9. The molecular formula is C20H30N2O2. The molecule has 1 saturated carbocycles. The number of ether oxygens (including phenoxy) is 2. The summed E-state index contributed by atoms with van der Waals surface area (Å²) in [5, 5.41) is 0. The van der Waals surface area contributed by atoms with Gasteiger partial charge in [-0.25, -0.2) is 0 Å². The molecule has 4 nitrogen and oxygen atoms in total. The van der Waals surface area contributed by atoms with E-state index in [2.05, 4.69) is 16.0 Å². The first-order valence-corrected chi connectivity index (χ1v) is 9.67. The van der Waals surface area contributed by atoms with Crippen LogP contribution in [0.15, 0.2) is 24.5 Å². The molecular weight excluding hydrogens is 300 g/mol. The minimum Gasteiger partial charge on any atom is -0.381 e. The molecule has 1 atom stereocenters. The molecule has 1 aliphatic carbocycles. The maximum Gasteiger partial charge on any atom is 0.0736 e. The number of nitrogens with zero attached hydrogens (tertiary/aromatic N) is 2. The number of hydrogen-bond donors (Lipinski definition) is 0. The molecule has 0 N–H and O–H groups in total. The fraction of sp³-hybridized carbons (Fsp3) is 0.750. The molecule has 1 spiro atoms. The van der Waals surface area contributed by atoms with E-state index >= 15 is 0 Å². The quantitative estimate of drug-likeness (QED) is 0.719. The summed E-state index contributed by atoms with van der Waals surface area (Å²) < 4.78 is 12.2.